The highest BCUT2D eigenvalue weighted by molar-refractivity contribution is 14.0. The van der Waals surface area contributed by atoms with E-state index in [2.05, 4.69) is 22.3 Å². The maximum absolute atomic E-state index is 5.71. The zero-order valence-electron chi connectivity index (χ0n) is 16.2. The summed E-state index contributed by atoms with van der Waals surface area (Å²) in [4.78, 5) is 6.62. The van der Waals surface area contributed by atoms with Crippen molar-refractivity contribution >= 4 is 29.9 Å². The fraction of sp³-hybridized carbons (Fsp3) is 0.650. The van der Waals surface area contributed by atoms with Crippen molar-refractivity contribution in [3.05, 3.63) is 30.3 Å². The highest BCUT2D eigenvalue weighted by Gasteiger charge is 2.15. The van der Waals surface area contributed by atoms with Crippen molar-refractivity contribution in [1.29, 1.82) is 0 Å². The molecule has 1 aromatic rings. The topological polar surface area (TPSA) is 46.1 Å². The molecule has 1 heterocycles. The largest absolute Gasteiger partial charge is 0.494 e. The standard InChI is InChI=1S/C20H33N3O2.HI/c1-21-20(23(2)14-10-18-11-16-24-17-12-18)22-13-6-7-15-25-19-8-4-3-5-9-19;/h3-5,8-9,18H,6-7,10-17H2,1-2H3,(H,21,22);1H. The Morgan fingerprint density at radius 2 is 1.96 bits per heavy atom. The molecule has 1 saturated heterocycles. The van der Waals surface area contributed by atoms with Gasteiger partial charge in [0.25, 0.3) is 0 Å². The second kappa shape index (κ2) is 14.1. The van der Waals surface area contributed by atoms with Crippen LogP contribution in [0.15, 0.2) is 35.3 Å². The molecule has 6 heteroatoms. The number of benzene rings is 1. The van der Waals surface area contributed by atoms with E-state index in [1.54, 1.807) is 0 Å². The van der Waals surface area contributed by atoms with Gasteiger partial charge in [0.1, 0.15) is 5.75 Å². The van der Waals surface area contributed by atoms with Crippen LogP contribution < -0.4 is 10.1 Å². The number of nitrogens with zero attached hydrogens (tertiary/aromatic N) is 2. The molecule has 0 amide bonds. The van der Waals surface area contributed by atoms with E-state index < -0.39 is 0 Å². The summed E-state index contributed by atoms with van der Waals surface area (Å²) in [7, 11) is 3.97. The molecule has 1 aromatic carbocycles. The van der Waals surface area contributed by atoms with Crippen LogP contribution in [0.2, 0.25) is 0 Å². The number of halogens is 1. The molecular formula is C20H34IN3O2. The van der Waals surface area contributed by atoms with Crippen LogP contribution in [0.25, 0.3) is 0 Å². The highest BCUT2D eigenvalue weighted by atomic mass is 127. The molecule has 1 fully saturated rings. The number of aliphatic imine (C=N–C) groups is 1. The zero-order chi connectivity index (χ0) is 17.7. The molecule has 0 bridgehead atoms. The van der Waals surface area contributed by atoms with Crippen molar-refractivity contribution in [2.24, 2.45) is 10.9 Å². The quantitative estimate of drug-likeness (QED) is 0.256. The fourth-order valence-corrected chi connectivity index (χ4v) is 3.04. The van der Waals surface area contributed by atoms with E-state index in [1.807, 2.05) is 37.4 Å². The Hall–Kier alpha value is -1.02. The molecule has 0 aromatic heterocycles. The smallest absolute Gasteiger partial charge is 0.193 e. The third-order valence-corrected chi connectivity index (χ3v) is 4.65. The van der Waals surface area contributed by atoms with Crippen LogP contribution in [0, 0.1) is 5.92 Å². The normalized spacial score (nSPS) is 15.2. The van der Waals surface area contributed by atoms with E-state index >= 15 is 0 Å². The summed E-state index contributed by atoms with van der Waals surface area (Å²) in [5, 5.41) is 3.45. The van der Waals surface area contributed by atoms with Gasteiger partial charge in [0.2, 0.25) is 0 Å². The third-order valence-electron chi connectivity index (χ3n) is 4.65. The fourth-order valence-electron chi connectivity index (χ4n) is 3.04. The summed E-state index contributed by atoms with van der Waals surface area (Å²) in [6, 6.07) is 9.98. The van der Waals surface area contributed by atoms with Crippen LogP contribution in [0.3, 0.4) is 0 Å². The Morgan fingerprint density at radius 1 is 1.23 bits per heavy atom. The average molecular weight is 475 g/mol. The van der Waals surface area contributed by atoms with Crippen molar-refractivity contribution in [2.45, 2.75) is 32.1 Å². The van der Waals surface area contributed by atoms with Crippen molar-refractivity contribution in [3.8, 4) is 5.75 Å². The summed E-state index contributed by atoms with van der Waals surface area (Å²) < 4.78 is 11.1. The summed E-state index contributed by atoms with van der Waals surface area (Å²) in [5.41, 5.74) is 0. The van der Waals surface area contributed by atoms with Gasteiger partial charge in [-0.05, 0) is 50.2 Å². The molecule has 0 unspecified atom stereocenters. The molecular weight excluding hydrogens is 441 g/mol. The predicted octanol–water partition coefficient (Wildman–Crippen LogP) is 3.79. The van der Waals surface area contributed by atoms with Gasteiger partial charge in [0.15, 0.2) is 5.96 Å². The lowest BCUT2D eigenvalue weighted by Crippen LogP contribution is -2.40. The van der Waals surface area contributed by atoms with Gasteiger partial charge in [-0.1, -0.05) is 18.2 Å². The van der Waals surface area contributed by atoms with Crippen molar-refractivity contribution < 1.29 is 9.47 Å². The second-order valence-electron chi connectivity index (χ2n) is 6.61. The predicted molar refractivity (Wildman–Crippen MR) is 119 cm³/mol. The number of hydrogen-bond acceptors (Lipinski definition) is 3. The minimum absolute atomic E-state index is 0. The van der Waals surface area contributed by atoms with Gasteiger partial charge in [-0.15, -0.1) is 24.0 Å². The lowest BCUT2D eigenvalue weighted by molar-refractivity contribution is 0.0625. The van der Waals surface area contributed by atoms with Gasteiger partial charge >= 0.3 is 0 Å². The van der Waals surface area contributed by atoms with Gasteiger partial charge in [-0.3, -0.25) is 4.99 Å². The molecule has 0 radical (unpaired) electrons. The number of nitrogens with one attached hydrogen (secondary N) is 1. The van der Waals surface area contributed by atoms with Crippen LogP contribution in [-0.2, 0) is 4.74 Å². The molecule has 5 nitrogen and oxygen atoms in total. The summed E-state index contributed by atoms with van der Waals surface area (Å²) in [6.45, 7) is 4.57. The Morgan fingerprint density at radius 3 is 2.65 bits per heavy atom. The maximum atomic E-state index is 5.71. The zero-order valence-corrected chi connectivity index (χ0v) is 18.5. The van der Waals surface area contributed by atoms with E-state index in [0.29, 0.717) is 0 Å². The Bertz CT molecular complexity index is 493. The van der Waals surface area contributed by atoms with Gasteiger partial charge in [-0.25, -0.2) is 0 Å². The van der Waals surface area contributed by atoms with E-state index in [1.165, 1.54) is 19.3 Å². The van der Waals surface area contributed by atoms with Crippen molar-refractivity contribution in [1.82, 2.24) is 10.2 Å². The van der Waals surface area contributed by atoms with Crippen molar-refractivity contribution in [3.63, 3.8) is 0 Å². The number of ether oxygens (including phenoxy) is 2. The van der Waals surface area contributed by atoms with E-state index in [9.17, 15) is 0 Å². The van der Waals surface area contributed by atoms with E-state index in [0.717, 1.165) is 63.4 Å². The molecule has 26 heavy (non-hydrogen) atoms. The molecule has 1 aliphatic rings. The Kier molecular flexibility index (Phi) is 12.5. The summed E-state index contributed by atoms with van der Waals surface area (Å²) in [5.74, 6) is 2.72. The van der Waals surface area contributed by atoms with E-state index in [-0.39, 0.29) is 24.0 Å². The van der Waals surface area contributed by atoms with Crippen LogP contribution in [-0.4, -0.2) is 57.9 Å². The number of para-hydroxylation sites is 1. The Balaban J connectivity index is 0.00000338. The SMILES string of the molecule is CN=C(NCCCCOc1ccccc1)N(C)CCC1CCOCC1.I. The molecule has 0 saturated carbocycles. The van der Waals surface area contributed by atoms with Gasteiger partial charge < -0.3 is 19.7 Å². The van der Waals surface area contributed by atoms with Crippen LogP contribution in [0.4, 0.5) is 0 Å². The highest BCUT2D eigenvalue weighted by Crippen LogP contribution is 2.18. The summed E-state index contributed by atoms with van der Waals surface area (Å²) in [6.07, 6.45) is 5.71. The monoisotopic (exact) mass is 475 g/mol. The van der Waals surface area contributed by atoms with Crippen LogP contribution in [0.1, 0.15) is 32.1 Å². The molecule has 0 spiro atoms. The van der Waals surface area contributed by atoms with Gasteiger partial charge in [-0.2, -0.15) is 0 Å². The molecule has 1 aliphatic heterocycles. The number of hydrogen-bond donors (Lipinski definition) is 1. The first-order valence-electron chi connectivity index (χ1n) is 9.47. The molecule has 2 rings (SSSR count). The van der Waals surface area contributed by atoms with Gasteiger partial charge in [0, 0.05) is 40.4 Å². The number of unbranched alkanes of at least 4 members (excludes halogenated alkanes) is 1. The maximum Gasteiger partial charge on any atom is 0.193 e. The molecule has 1 N–H and O–H groups in total. The Labute approximate surface area is 175 Å². The lowest BCUT2D eigenvalue weighted by atomic mass is 9.96. The first-order valence-corrected chi connectivity index (χ1v) is 9.47. The lowest BCUT2D eigenvalue weighted by Gasteiger charge is -2.26. The van der Waals surface area contributed by atoms with Crippen LogP contribution >= 0.6 is 24.0 Å². The van der Waals surface area contributed by atoms with Crippen LogP contribution in [0.5, 0.6) is 5.75 Å². The number of guanidine groups is 1. The molecule has 148 valence electrons. The van der Waals surface area contributed by atoms with E-state index in [4.69, 9.17) is 9.47 Å². The minimum atomic E-state index is 0. The average Bonchev–Trinajstić information content (AvgIpc) is 2.67. The third kappa shape index (κ3) is 9.07. The number of rotatable bonds is 9. The first-order chi connectivity index (χ1) is 12.3. The molecule has 0 atom stereocenters. The second-order valence-corrected chi connectivity index (χ2v) is 6.61. The first kappa shape index (κ1) is 23.0. The summed E-state index contributed by atoms with van der Waals surface area (Å²) >= 11 is 0. The minimum Gasteiger partial charge on any atom is -0.494 e. The molecule has 0 aliphatic carbocycles. The van der Waals surface area contributed by atoms with Gasteiger partial charge in [0.05, 0.1) is 6.61 Å². The van der Waals surface area contributed by atoms with Crippen molar-refractivity contribution in [2.75, 3.05) is 47.0 Å².